The fraction of sp³-hybridized carbons (Fsp3) is 0.833. The quantitative estimate of drug-likeness (QED) is 0.835. The monoisotopic (exact) mass is 225 g/mol. The molecule has 16 heavy (non-hydrogen) atoms. The molecule has 0 aromatic carbocycles. The lowest BCUT2D eigenvalue weighted by molar-refractivity contribution is 0.347. The van der Waals surface area contributed by atoms with Gasteiger partial charge in [0.1, 0.15) is 0 Å². The first kappa shape index (κ1) is 13.2. The van der Waals surface area contributed by atoms with Crippen molar-refractivity contribution in [3.63, 3.8) is 0 Å². The van der Waals surface area contributed by atoms with Crippen molar-refractivity contribution in [2.75, 3.05) is 0 Å². The van der Waals surface area contributed by atoms with Crippen LogP contribution in [0, 0.1) is 5.41 Å². The Hall–Kier alpha value is -0.900. The van der Waals surface area contributed by atoms with E-state index in [0.29, 0.717) is 12.3 Å². The second-order valence-electron chi connectivity index (χ2n) is 5.59. The second-order valence-corrected chi connectivity index (χ2v) is 5.59. The predicted molar refractivity (Wildman–Crippen MR) is 64.0 cm³/mol. The Morgan fingerprint density at radius 1 is 1.38 bits per heavy atom. The van der Waals surface area contributed by atoms with Gasteiger partial charge in [0, 0.05) is 18.9 Å². The molecule has 1 unspecified atom stereocenters. The summed E-state index contributed by atoms with van der Waals surface area (Å²) in [5.41, 5.74) is 6.11. The van der Waals surface area contributed by atoms with Crippen LogP contribution in [0.4, 0.5) is 0 Å². The Morgan fingerprint density at radius 2 is 2.06 bits per heavy atom. The van der Waals surface area contributed by atoms with Gasteiger partial charge in [-0.2, -0.15) is 4.98 Å². The van der Waals surface area contributed by atoms with E-state index in [1.807, 2.05) is 0 Å². The van der Waals surface area contributed by atoms with Crippen LogP contribution in [0.25, 0.3) is 0 Å². The Morgan fingerprint density at radius 3 is 2.62 bits per heavy atom. The van der Waals surface area contributed by atoms with Crippen molar-refractivity contribution in [2.24, 2.45) is 11.1 Å². The molecule has 0 bridgehead atoms. The van der Waals surface area contributed by atoms with Crippen molar-refractivity contribution >= 4 is 0 Å². The molecule has 0 amide bonds. The van der Waals surface area contributed by atoms with Gasteiger partial charge in [-0.3, -0.25) is 0 Å². The van der Waals surface area contributed by atoms with E-state index in [2.05, 4.69) is 37.8 Å². The third kappa shape index (κ3) is 4.75. The molecule has 0 fully saturated rings. The third-order valence-electron chi connectivity index (χ3n) is 2.29. The summed E-state index contributed by atoms with van der Waals surface area (Å²) in [6, 6.07) is 0.132. The highest BCUT2D eigenvalue weighted by atomic mass is 16.5. The molecule has 2 N–H and O–H groups in total. The molecule has 0 aliphatic rings. The first-order valence-electron chi connectivity index (χ1n) is 5.98. The average molecular weight is 225 g/mol. The first-order valence-corrected chi connectivity index (χ1v) is 5.98. The standard InChI is InChI=1S/C12H23N3O/c1-5-6-9(13)7-11-14-10(15-16-11)8-12(2,3)4/h9H,5-8,13H2,1-4H3. The summed E-state index contributed by atoms with van der Waals surface area (Å²) < 4.78 is 5.19. The molecular formula is C12H23N3O. The van der Waals surface area contributed by atoms with Gasteiger partial charge in [0.05, 0.1) is 0 Å². The maximum Gasteiger partial charge on any atom is 0.228 e. The molecule has 1 atom stereocenters. The largest absolute Gasteiger partial charge is 0.339 e. The van der Waals surface area contributed by atoms with Gasteiger partial charge in [-0.15, -0.1) is 0 Å². The van der Waals surface area contributed by atoms with Gasteiger partial charge < -0.3 is 10.3 Å². The Kier molecular flexibility index (Phi) is 4.47. The minimum atomic E-state index is 0.132. The van der Waals surface area contributed by atoms with E-state index < -0.39 is 0 Å². The Balaban J connectivity index is 2.51. The summed E-state index contributed by atoms with van der Waals surface area (Å²) in [6.07, 6.45) is 3.60. The van der Waals surface area contributed by atoms with Gasteiger partial charge in [0.2, 0.25) is 5.89 Å². The summed E-state index contributed by atoms with van der Waals surface area (Å²) in [5, 5.41) is 3.97. The smallest absolute Gasteiger partial charge is 0.228 e. The molecule has 0 aliphatic carbocycles. The van der Waals surface area contributed by atoms with Crippen molar-refractivity contribution in [1.82, 2.24) is 10.1 Å². The molecule has 4 nitrogen and oxygen atoms in total. The number of nitrogens with zero attached hydrogens (tertiary/aromatic N) is 2. The van der Waals surface area contributed by atoms with Gasteiger partial charge in [0.15, 0.2) is 5.82 Å². The lowest BCUT2D eigenvalue weighted by Gasteiger charge is -2.14. The zero-order valence-corrected chi connectivity index (χ0v) is 10.8. The molecule has 1 aromatic rings. The zero-order chi connectivity index (χ0) is 12.2. The van der Waals surface area contributed by atoms with Crippen molar-refractivity contribution in [1.29, 1.82) is 0 Å². The second kappa shape index (κ2) is 5.43. The lowest BCUT2D eigenvalue weighted by Crippen LogP contribution is -2.22. The van der Waals surface area contributed by atoms with Crippen molar-refractivity contribution < 1.29 is 4.52 Å². The lowest BCUT2D eigenvalue weighted by atomic mass is 9.92. The van der Waals surface area contributed by atoms with Crippen LogP contribution in [0.5, 0.6) is 0 Å². The summed E-state index contributed by atoms with van der Waals surface area (Å²) in [7, 11) is 0. The van der Waals surface area contributed by atoms with Crippen LogP contribution in [0.15, 0.2) is 4.52 Å². The van der Waals surface area contributed by atoms with Crippen molar-refractivity contribution in [3.05, 3.63) is 11.7 Å². The number of hydrogen-bond acceptors (Lipinski definition) is 4. The van der Waals surface area contributed by atoms with Crippen LogP contribution >= 0.6 is 0 Å². The molecule has 4 heteroatoms. The molecule has 0 radical (unpaired) electrons. The Bertz CT molecular complexity index is 314. The number of hydrogen-bond donors (Lipinski definition) is 1. The number of nitrogens with two attached hydrogens (primary N) is 1. The van der Waals surface area contributed by atoms with Gasteiger partial charge in [-0.1, -0.05) is 39.3 Å². The first-order chi connectivity index (χ1) is 7.40. The fourth-order valence-electron chi connectivity index (χ4n) is 1.62. The zero-order valence-electron chi connectivity index (χ0n) is 10.8. The number of rotatable bonds is 5. The molecule has 1 rings (SSSR count). The van der Waals surface area contributed by atoms with Crippen LogP contribution in [0.3, 0.4) is 0 Å². The van der Waals surface area contributed by atoms with E-state index in [9.17, 15) is 0 Å². The summed E-state index contributed by atoms with van der Waals surface area (Å²) >= 11 is 0. The van der Waals surface area contributed by atoms with Crippen molar-refractivity contribution in [3.8, 4) is 0 Å². The van der Waals surface area contributed by atoms with Gasteiger partial charge >= 0.3 is 0 Å². The van der Waals surface area contributed by atoms with E-state index in [-0.39, 0.29) is 11.5 Å². The molecule has 1 aromatic heterocycles. The minimum absolute atomic E-state index is 0.132. The molecular weight excluding hydrogens is 202 g/mol. The summed E-state index contributed by atoms with van der Waals surface area (Å²) in [5.74, 6) is 1.45. The number of aromatic nitrogens is 2. The molecule has 0 saturated carbocycles. The highest BCUT2D eigenvalue weighted by molar-refractivity contribution is 4.91. The van der Waals surface area contributed by atoms with Gasteiger partial charge in [-0.05, 0) is 11.8 Å². The van der Waals surface area contributed by atoms with Crippen molar-refractivity contribution in [2.45, 2.75) is 59.4 Å². The van der Waals surface area contributed by atoms with Gasteiger partial charge in [-0.25, -0.2) is 0 Å². The maximum absolute atomic E-state index is 5.92. The van der Waals surface area contributed by atoms with Gasteiger partial charge in [0.25, 0.3) is 0 Å². The van der Waals surface area contributed by atoms with E-state index in [1.165, 1.54) is 0 Å². The highest BCUT2D eigenvalue weighted by Gasteiger charge is 2.17. The summed E-state index contributed by atoms with van der Waals surface area (Å²) in [4.78, 5) is 4.36. The van der Waals surface area contributed by atoms with E-state index in [1.54, 1.807) is 0 Å². The Labute approximate surface area is 97.6 Å². The summed E-state index contributed by atoms with van der Waals surface area (Å²) in [6.45, 7) is 8.60. The SMILES string of the molecule is CCCC(N)Cc1nc(CC(C)(C)C)no1. The molecule has 0 saturated heterocycles. The van der Waals surface area contributed by atoms with E-state index in [4.69, 9.17) is 10.3 Å². The topological polar surface area (TPSA) is 64.9 Å². The molecule has 92 valence electrons. The van der Waals surface area contributed by atoms with Crippen LogP contribution < -0.4 is 5.73 Å². The van der Waals surface area contributed by atoms with Crippen LogP contribution in [-0.2, 0) is 12.8 Å². The van der Waals surface area contributed by atoms with E-state index >= 15 is 0 Å². The van der Waals surface area contributed by atoms with Crippen LogP contribution in [0.2, 0.25) is 0 Å². The normalized spacial score (nSPS) is 14.1. The highest BCUT2D eigenvalue weighted by Crippen LogP contribution is 2.18. The molecule has 0 aliphatic heterocycles. The third-order valence-corrected chi connectivity index (χ3v) is 2.29. The average Bonchev–Trinajstić information content (AvgIpc) is 2.49. The van der Waals surface area contributed by atoms with Crippen LogP contribution in [0.1, 0.15) is 52.3 Å². The minimum Gasteiger partial charge on any atom is -0.339 e. The molecule has 0 spiro atoms. The molecule has 1 heterocycles. The fourth-order valence-corrected chi connectivity index (χ4v) is 1.62. The van der Waals surface area contributed by atoms with E-state index in [0.717, 1.165) is 25.1 Å². The van der Waals surface area contributed by atoms with Crippen LogP contribution in [-0.4, -0.2) is 16.2 Å². The maximum atomic E-state index is 5.92. The predicted octanol–water partition coefficient (Wildman–Crippen LogP) is 2.33.